The number of aliphatic hydroxyl groups excluding tert-OH is 2. The monoisotopic (exact) mass is 2130 g/mol. The van der Waals surface area contributed by atoms with Gasteiger partial charge in [-0.2, -0.15) is 20.4 Å². The molecule has 0 radical (unpaired) electrons. The van der Waals surface area contributed by atoms with Crippen molar-refractivity contribution < 1.29 is 67.9 Å². The van der Waals surface area contributed by atoms with E-state index in [2.05, 4.69) is 124 Å². The molecule has 16 N–H and O–H groups in total. The molecule has 0 bridgehead atoms. The van der Waals surface area contributed by atoms with Crippen molar-refractivity contribution in [2.24, 2.45) is 0 Å². The SMILES string of the molecule is CCO.CN1CCNCC1.Cc1ccc(C(=O)NC2CC2)cc1-n1ncc(C(=O)c2cccc(O)c2)c1N.Cc1ccc(C(=O)NC2CC2)cc1-n1ncc(C(=O)c2cccc(OCCBr)c2)c1N.Cc1ccc(C(=O)NC2CC2)cc1-n1ncc(C(=O)c2cccc(OCCN3CCN(C)CC3)c2)c1N.Cc1ccc(C(=O)NC2CC2)cc1-n1ncc(C(=O)c2cccc(OCCN3CCN(C)CC3)c2)c1N.OCCBr. The van der Waals surface area contributed by atoms with E-state index >= 15 is 0 Å². The average molecular weight is 2140 g/mol. The molecule has 4 aromatic heterocycles. The number of aliphatic hydroxyl groups is 2. The highest BCUT2D eigenvalue weighted by Crippen LogP contribution is 2.33. The molecule has 38 heteroatoms. The molecule has 3 aliphatic heterocycles. The van der Waals surface area contributed by atoms with Gasteiger partial charge in [-0.15, -0.1) is 0 Å². The van der Waals surface area contributed by atoms with Crippen LogP contribution >= 0.6 is 31.9 Å². The fourth-order valence-corrected chi connectivity index (χ4v) is 16.1. The topological polar surface area (TPSA) is 477 Å². The number of aryl methyl sites for hydroxylation is 4. The Morgan fingerprint density at radius 1 is 0.361 bits per heavy atom. The van der Waals surface area contributed by atoms with Gasteiger partial charge < -0.3 is 93.7 Å². The van der Waals surface area contributed by atoms with Crippen molar-refractivity contribution >= 4 is 102 Å². The Labute approximate surface area is 873 Å². The molecule has 0 spiro atoms. The van der Waals surface area contributed by atoms with Crippen molar-refractivity contribution in [3.63, 3.8) is 0 Å². The smallest absolute Gasteiger partial charge is 0.251 e. The van der Waals surface area contributed by atoms with Gasteiger partial charge in [0.1, 0.15) is 59.5 Å². The molecule has 778 valence electrons. The third-order valence-corrected chi connectivity index (χ3v) is 26.0. The molecule has 0 unspecified atom stereocenters. The van der Waals surface area contributed by atoms with Crippen molar-refractivity contribution in [1.82, 2.24) is 90.2 Å². The summed E-state index contributed by atoms with van der Waals surface area (Å²) >= 11 is 6.31. The quantitative estimate of drug-likeness (QED) is 0.0138. The van der Waals surface area contributed by atoms with Crippen LogP contribution in [-0.2, 0) is 0 Å². The second-order valence-electron chi connectivity index (χ2n) is 37.2. The van der Waals surface area contributed by atoms with Crippen molar-refractivity contribution in [2.75, 3.05) is 179 Å². The van der Waals surface area contributed by atoms with E-state index in [4.69, 9.17) is 47.4 Å². The second-order valence-corrected chi connectivity index (χ2v) is 38.8. The summed E-state index contributed by atoms with van der Waals surface area (Å²) in [5.74, 6) is 1.26. The van der Waals surface area contributed by atoms with Gasteiger partial charge in [-0.1, -0.05) is 105 Å². The fourth-order valence-electron chi connectivity index (χ4n) is 15.9. The van der Waals surface area contributed by atoms with E-state index < -0.39 is 0 Å². The zero-order valence-electron chi connectivity index (χ0n) is 84.5. The Morgan fingerprint density at radius 2 is 0.619 bits per heavy atom. The van der Waals surface area contributed by atoms with Crippen LogP contribution < -0.4 is 63.7 Å². The number of anilines is 4. The van der Waals surface area contributed by atoms with E-state index in [-0.39, 0.29) is 119 Å². The molecular formula is C109H134Br2N22O14. The number of aromatic hydroxyl groups is 1. The number of piperazine rings is 3. The van der Waals surface area contributed by atoms with Crippen molar-refractivity contribution in [2.45, 2.75) is 110 Å². The first kappa shape index (κ1) is 110. The number of alkyl halides is 2. The van der Waals surface area contributed by atoms with Crippen LogP contribution in [-0.4, -0.2) is 306 Å². The normalized spacial score (nSPS) is 15.1. The maximum absolute atomic E-state index is 13.3. The second kappa shape index (κ2) is 53.5. The molecule has 19 rings (SSSR count). The summed E-state index contributed by atoms with van der Waals surface area (Å²) < 4.78 is 23.5. The van der Waals surface area contributed by atoms with E-state index in [1.807, 2.05) is 76.2 Å². The minimum Gasteiger partial charge on any atom is -0.508 e. The summed E-state index contributed by atoms with van der Waals surface area (Å²) in [7, 11) is 6.43. The molecule has 4 aliphatic carbocycles. The van der Waals surface area contributed by atoms with E-state index in [0.717, 1.165) is 152 Å². The molecule has 147 heavy (non-hydrogen) atoms. The van der Waals surface area contributed by atoms with Gasteiger partial charge in [0, 0.05) is 178 Å². The molecule has 4 amide bonds. The zero-order valence-corrected chi connectivity index (χ0v) is 87.7. The third kappa shape index (κ3) is 31.4. The number of aromatic nitrogens is 8. The molecule has 7 heterocycles. The lowest BCUT2D eigenvalue weighted by Crippen LogP contribution is -2.45. The number of ether oxygens (including phenoxy) is 3. The highest BCUT2D eigenvalue weighted by Gasteiger charge is 2.32. The molecule has 12 aromatic rings. The number of amides is 4. The number of nitrogen functional groups attached to an aromatic ring is 4. The summed E-state index contributed by atoms with van der Waals surface area (Å²) in [5, 5.41) is 59.0. The predicted octanol–water partition coefficient (Wildman–Crippen LogP) is 11.2. The zero-order chi connectivity index (χ0) is 105. The molecule has 36 nitrogen and oxygen atoms in total. The van der Waals surface area contributed by atoms with E-state index in [9.17, 15) is 43.5 Å². The van der Waals surface area contributed by atoms with E-state index in [0.29, 0.717) is 132 Å². The average Bonchev–Trinajstić information content (AvgIpc) is 1.65. The Morgan fingerprint density at radius 3 is 0.864 bits per heavy atom. The highest BCUT2D eigenvalue weighted by molar-refractivity contribution is 9.09. The van der Waals surface area contributed by atoms with Gasteiger partial charge in [0.05, 0.1) is 83.0 Å². The van der Waals surface area contributed by atoms with Gasteiger partial charge >= 0.3 is 0 Å². The predicted molar refractivity (Wildman–Crippen MR) is 576 cm³/mol. The standard InChI is InChI=1S/2C28H34N6O3.C23H23BrN4O3.C21H20N4O3.C5H12N2.C2H5BrO.C2H6O/c2*1-19-6-7-21(28(36)31-22-8-9-22)17-25(19)34-27(29)24(18-30-34)26(35)20-4-3-5-23(16-20)37-15-14-33-12-10-32(2)11-13-33;1-14-5-6-16(23(30)27-17-7-8-17)12-20(14)28-22(25)19(13-26-28)21(29)15-3-2-4-18(11-15)31-10-9-24;1-12-5-6-14(21(28)24-15-7-8-15)10-18(12)25-20(22)17(11-23-25)19(27)13-3-2-4-16(26)9-13;1-7-4-2-6-3-5-7;3-1-2-4;1-2-3/h2*3-7,16-18,22H,8-15,29H2,1-2H3,(H,31,36);2-6,11-13,17H,7-10,25H2,1H3,(H,27,30);2-6,9-11,15,26H,7-8,22H2,1H3,(H,24,28);6H,2-5H2,1H3;4H,1-2H2;3H,2H2,1H3. The van der Waals surface area contributed by atoms with Gasteiger partial charge in [-0.05, 0) is 226 Å². The number of likely N-dealkylation sites (N-methyl/N-ethyl adjacent to an activating group) is 3. The minimum atomic E-state index is -0.333. The van der Waals surface area contributed by atoms with Crippen LogP contribution in [0.4, 0.5) is 23.3 Å². The molecule has 0 atom stereocenters. The number of benzene rings is 8. The number of ketones is 4. The number of hydrogen-bond donors (Lipinski definition) is 12. The number of hydrogen-bond acceptors (Lipinski definition) is 28. The largest absolute Gasteiger partial charge is 0.508 e. The van der Waals surface area contributed by atoms with Crippen LogP contribution in [0.3, 0.4) is 0 Å². The Balaban J connectivity index is 0.000000157. The number of nitrogens with zero attached hydrogens (tertiary/aromatic N) is 13. The van der Waals surface area contributed by atoms with Gasteiger partial charge in [0.25, 0.3) is 23.6 Å². The van der Waals surface area contributed by atoms with Crippen LogP contribution in [0.2, 0.25) is 0 Å². The molecule has 7 aliphatic rings. The summed E-state index contributed by atoms with van der Waals surface area (Å²) in [6.07, 6.45) is 14.0. The minimum absolute atomic E-state index is 0.00188. The fraction of sp³-hybridized carbons (Fsp3) is 0.376. The van der Waals surface area contributed by atoms with Gasteiger partial charge in [0.15, 0.2) is 23.1 Å². The maximum atomic E-state index is 13.3. The molecule has 8 aromatic carbocycles. The number of rotatable bonds is 32. The van der Waals surface area contributed by atoms with E-state index in [1.165, 1.54) is 68.7 Å². The molecule has 3 saturated heterocycles. The third-order valence-electron chi connectivity index (χ3n) is 25.4. The lowest BCUT2D eigenvalue weighted by molar-refractivity contribution is 0.0942. The van der Waals surface area contributed by atoms with Crippen molar-refractivity contribution in [3.05, 3.63) is 284 Å². The van der Waals surface area contributed by atoms with Crippen LogP contribution in [0.25, 0.3) is 22.7 Å². The Hall–Kier alpha value is -13.8. The van der Waals surface area contributed by atoms with Crippen LogP contribution in [0.1, 0.15) is 186 Å². The summed E-state index contributed by atoms with van der Waals surface area (Å²) in [5.41, 5.74) is 36.6. The van der Waals surface area contributed by atoms with E-state index in [1.54, 1.807) is 116 Å². The maximum Gasteiger partial charge on any atom is 0.251 e. The molecule has 7 fully saturated rings. The molecule has 4 saturated carbocycles. The summed E-state index contributed by atoms with van der Waals surface area (Å²) in [6.45, 7) is 26.3. The van der Waals surface area contributed by atoms with Gasteiger partial charge in [-0.3, -0.25) is 48.2 Å². The number of nitrogens with one attached hydrogen (secondary N) is 5. The first-order valence-corrected chi connectivity index (χ1v) is 51.9. The first-order chi connectivity index (χ1) is 70.9. The summed E-state index contributed by atoms with van der Waals surface area (Å²) in [4.78, 5) is 114. The van der Waals surface area contributed by atoms with Crippen LogP contribution in [0.5, 0.6) is 23.0 Å². The van der Waals surface area contributed by atoms with Crippen molar-refractivity contribution in [1.29, 1.82) is 0 Å². The first-order valence-electron chi connectivity index (χ1n) is 49.6. The van der Waals surface area contributed by atoms with Gasteiger partial charge in [-0.25, -0.2) is 18.7 Å². The number of halogens is 2. The number of phenolic OH excluding ortho intramolecular Hbond substituents is 1. The van der Waals surface area contributed by atoms with Crippen LogP contribution in [0.15, 0.2) is 195 Å². The number of phenols is 1. The van der Waals surface area contributed by atoms with Crippen LogP contribution in [0, 0.1) is 27.7 Å². The molecular weight excluding hydrogens is 2000 g/mol. The Bertz CT molecular complexity index is 6340. The Kier molecular flexibility index (Phi) is 40.2. The number of carbonyl (C=O) groups is 8. The summed E-state index contributed by atoms with van der Waals surface area (Å²) in [6, 6.07) is 50.0. The number of carbonyl (C=O) groups excluding carboxylic acids is 8. The number of nitrogens with two attached hydrogens (primary N) is 4. The van der Waals surface area contributed by atoms with Gasteiger partial charge in [0.2, 0.25) is 0 Å². The highest BCUT2D eigenvalue weighted by atomic mass is 79.9. The lowest BCUT2D eigenvalue weighted by atomic mass is 10.1. The lowest BCUT2D eigenvalue weighted by Gasteiger charge is -2.32. The van der Waals surface area contributed by atoms with Crippen molar-refractivity contribution in [3.8, 4) is 45.7 Å².